The SMILES string of the molecule is COc1ccc(-c2[c]cc3cc(OC)ccc3c2O)cc1. The van der Waals surface area contributed by atoms with Gasteiger partial charge in [0.15, 0.2) is 0 Å². The Hall–Kier alpha value is -2.68. The summed E-state index contributed by atoms with van der Waals surface area (Å²) in [7, 11) is 3.25. The average molecular weight is 279 g/mol. The lowest BCUT2D eigenvalue weighted by Crippen LogP contribution is -1.86. The standard InChI is InChI=1S/C18H15O3/c1-20-14-6-3-12(4-7-14)16-9-5-13-11-15(21-2)8-10-17(13)18(16)19/h3-8,10-11,19H,1-2H3. The highest BCUT2D eigenvalue weighted by Crippen LogP contribution is 2.37. The van der Waals surface area contributed by atoms with Gasteiger partial charge >= 0.3 is 0 Å². The first-order valence-corrected chi connectivity index (χ1v) is 6.59. The third-order valence-electron chi connectivity index (χ3n) is 3.50. The Bertz CT molecular complexity index is 776. The molecule has 0 saturated heterocycles. The van der Waals surface area contributed by atoms with Crippen LogP contribution in [-0.4, -0.2) is 19.3 Å². The second kappa shape index (κ2) is 5.37. The summed E-state index contributed by atoms with van der Waals surface area (Å²) >= 11 is 0. The largest absolute Gasteiger partial charge is 0.507 e. The number of rotatable bonds is 3. The first kappa shape index (κ1) is 13.3. The van der Waals surface area contributed by atoms with Crippen LogP contribution in [0.15, 0.2) is 48.5 Å². The fraction of sp³-hybridized carbons (Fsp3) is 0.111. The van der Waals surface area contributed by atoms with Gasteiger partial charge in [-0.2, -0.15) is 0 Å². The van der Waals surface area contributed by atoms with Crippen LogP contribution in [0.2, 0.25) is 0 Å². The minimum absolute atomic E-state index is 0.223. The first-order valence-electron chi connectivity index (χ1n) is 6.59. The van der Waals surface area contributed by atoms with Crippen LogP contribution in [0.3, 0.4) is 0 Å². The normalized spacial score (nSPS) is 10.6. The molecule has 0 unspecified atom stereocenters. The van der Waals surface area contributed by atoms with E-state index in [1.807, 2.05) is 48.5 Å². The van der Waals surface area contributed by atoms with E-state index in [0.717, 1.165) is 27.8 Å². The maximum Gasteiger partial charge on any atom is 0.131 e. The van der Waals surface area contributed by atoms with Crippen LogP contribution in [0, 0.1) is 6.07 Å². The molecule has 3 nitrogen and oxygen atoms in total. The maximum atomic E-state index is 10.5. The summed E-state index contributed by atoms with van der Waals surface area (Å²) in [4.78, 5) is 0. The molecule has 0 aromatic heterocycles. The second-order valence-electron chi connectivity index (χ2n) is 4.69. The van der Waals surface area contributed by atoms with Gasteiger partial charge < -0.3 is 14.6 Å². The van der Waals surface area contributed by atoms with Crippen molar-refractivity contribution < 1.29 is 14.6 Å². The summed E-state index contributed by atoms with van der Waals surface area (Å²) in [5, 5.41) is 12.2. The highest BCUT2D eigenvalue weighted by molar-refractivity contribution is 5.95. The number of aromatic hydroxyl groups is 1. The van der Waals surface area contributed by atoms with Crippen molar-refractivity contribution in [2.75, 3.05) is 14.2 Å². The van der Waals surface area contributed by atoms with Gasteiger partial charge in [0, 0.05) is 10.9 Å². The zero-order valence-corrected chi connectivity index (χ0v) is 11.9. The van der Waals surface area contributed by atoms with Crippen molar-refractivity contribution in [2.45, 2.75) is 0 Å². The van der Waals surface area contributed by atoms with E-state index in [1.165, 1.54) is 0 Å². The molecule has 0 saturated carbocycles. The Morgan fingerprint density at radius 1 is 0.905 bits per heavy atom. The van der Waals surface area contributed by atoms with Crippen LogP contribution in [0.25, 0.3) is 21.9 Å². The molecule has 3 aromatic rings. The van der Waals surface area contributed by atoms with E-state index < -0.39 is 0 Å². The van der Waals surface area contributed by atoms with Crippen molar-refractivity contribution >= 4 is 10.8 Å². The van der Waals surface area contributed by atoms with E-state index in [4.69, 9.17) is 9.47 Å². The molecule has 0 heterocycles. The molecule has 0 aliphatic carbocycles. The van der Waals surface area contributed by atoms with Gasteiger partial charge in [0.05, 0.1) is 14.2 Å². The zero-order chi connectivity index (χ0) is 14.8. The monoisotopic (exact) mass is 279 g/mol. The number of benzene rings is 3. The average Bonchev–Trinajstić information content (AvgIpc) is 2.55. The number of phenolic OH excluding ortho intramolecular Hbond substituents is 1. The smallest absolute Gasteiger partial charge is 0.131 e. The van der Waals surface area contributed by atoms with Crippen molar-refractivity contribution in [1.82, 2.24) is 0 Å². The Kier molecular flexibility index (Phi) is 3.40. The van der Waals surface area contributed by atoms with Crippen LogP contribution in [0.1, 0.15) is 0 Å². The topological polar surface area (TPSA) is 38.7 Å². The zero-order valence-electron chi connectivity index (χ0n) is 11.9. The van der Waals surface area contributed by atoms with Gasteiger partial charge in [0.25, 0.3) is 0 Å². The fourth-order valence-corrected chi connectivity index (χ4v) is 2.33. The molecule has 0 aliphatic heterocycles. The number of hydrogen-bond acceptors (Lipinski definition) is 3. The summed E-state index contributed by atoms with van der Waals surface area (Å²) < 4.78 is 10.3. The molecule has 1 N–H and O–H groups in total. The van der Waals surface area contributed by atoms with E-state index in [2.05, 4.69) is 6.07 Å². The Labute approximate surface area is 123 Å². The van der Waals surface area contributed by atoms with E-state index in [-0.39, 0.29) is 5.75 Å². The molecule has 0 atom stereocenters. The molecule has 0 amide bonds. The molecule has 0 spiro atoms. The highest BCUT2D eigenvalue weighted by Gasteiger charge is 2.09. The number of hydrogen-bond donors (Lipinski definition) is 1. The van der Waals surface area contributed by atoms with Crippen LogP contribution < -0.4 is 9.47 Å². The molecule has 0 bridgehead atoms. The number of ether oxygens (including phenoxy) is 2. The minimum atomic E-state index is 0.223. The number of phenols is 1. The van der Waals surface area contributed by atoms with Crippen LogP contribution in [-0.2, 0) is 0 Å². The molecular formula is C18H15O3. The van der Waals surface area contributed by atoms with Gasteiger partial charge in [-0.1, -0.05) is 12.1 Å². The van der Waals surface area contributed by atoms with E-state index in [9.17, 15) is 5.11 Å². The fourth-order valence-electron chi connectivity index (χ4n) is 2.33. The molecule has 1 radical (unpaired) electrons. The Morgan fingerprint density at radius 2 is 1.57 bits per heavy atom. The number of fused-ring (bicyclic) bond motifs is 1. The second-order valence-corrected chi connectivity index (χ2v) is 4.69. The molecule has 0 fully saturated rings. The van der Waals surface area contributed by atoms with Crippen molar-refractivity contribution in [1.29, 1.82) is 0 Å². The maximum absolute atomic E-state index is 10.5. The van der Waals surface area contributed by atoms with E-state index in [0.29, 0.717) is 5.56 Å². The van der Waals surface area contributed by atoms with Gasteiger partial charge in [0.1, 0.15) is 17.2 Å². The number of methoxy groups -OCH3 is 2. The highest BCUT2D eigenvalue weighted by atomic mass is 16.5. The minimum Gasteiger partial charge on any atom is -0.507 e. The summed E-state index contributed by atoms with van der Waals surface area (Å²) in [5.41, 5.74) is 1.57. The summed E-state index contributed by atoms with van der Waals surface area (Å²) in [6, 6.07) is 18.1. The lowest BCUT2D eigenvalue weighted by Gasteiger charge is -2.09. The summed E-state index contributed by atoms with van der Waals surface area (Å²) in [6.45, 7) is 0. The van der Waals surface area contributed by atoms with Gasteiger partial charge in [-0.15, -0.1) is 0 Å². The van der Waals surface area contributed by atoms with Crippen molar-refractivity contribution in [3.05, 3.63) is 54.6 Å². The van der Waals surface area contributed by atoms with Gasteiger partial charge in [-0.05, 0) is 53.4 Å². The molecule has 3 heteroatoms. The predicted octanol–water partition coefficient (Wildman–Crippen LogP) is 4.03. The molecular weight excluding hydrogens is 264 g/mol. The third-order valence-corrected chi connectivity index (χ3v) is 3.50. The molecule has 3 rings (SSSR count). The first-order chi connectivity index (χ1) is 10.2. The van der Waals surface area contributed by atoms with Gasteiger partial charge in [-0.25, -0.2) is 0 Å². The van der Waals surface area contributed by atoms with Gasteiger partial charge in [-0.3, -0.25) is 0 Å². The quantitative estimate of drug-likeness (QED) is 0.786. The van der Waals surface area contributed by atoms with Crippen LogP contribution in [0.4, 0.5) is 0 Å². The lowest BCUT2D eigenvalue weighted by atomic mass is 9.99. The predicted molar refractivity (Wildman–Crippen MR) is 83.0 cm³/mol. The van der Waals surface area contributed by atoms with E-state index in [1.54, 1.807) is 14.2 Å². The summed E-state index contributed by atoms with van der Waals surface area (Å²) in [6.07, 6.45) is 0. The van der Waals surface area contributed by atoms with E-state index >= 15 is 0 Å². The van der Waals surface area contributed by atoms with Crippen molar-refractivity contribution in [3.63, 3.8) is 0 Å². The lowest BCUT2D eigenvalue weighted by molar-refractivity contribution is 0.415. The Morgan fingerprint density at radius 3 is 2.24 bits per heavy atom. The molecule has 105 valence electrons. The molecule has 21 heavy (non-hydrogen) atoms. The van der Waals surface area contributed by atoms with Crippen LogP contribution in [0.5, 0.6) is 17.2 Å². The third kappa shape index (κ3) is 2.38. The Balaban J connectivity index is 2.12. The van der Waals surface area contributed by atoms with Crippen molar-refractivity contribution in [3.8, 4) is 28.4 Å². The van der Waals surface area contributed by atoms with Gasteiger partial charge in [0.2, 0.25) is 0 Å². The van der Waals surface area contributed by atoms with Crippen molar-refractivity contribution in [2.24, 2.45) is 0 Å². The van der Waals surface area contributed by atoms with Crippen LogP contribution >= 0.6 is 0 Å². The molecule has 0 aliphatic rings. The molecule has 3 aromatic carbocycles. The summed E-state index contributed by atoms with van der Waals surface area (Å²) in [5.74, 6) is 1.76.